The van der Waals surface area contributed by atoms with Gasteiger partial charge < -0.3 is 10.6 Å². The third kappa shape index (κ3) is 1.59. The van der Waals surface area contributed by atoms with Crippen molar-refractivity contribution in [2.75, 3.05) is 18.9 Å². The van der Waals surface area contributed by atoms with Gasteiger partial charge in [-0.05, 0) is 19.4 Å². The molecule has 1 saturated heterocycles. The molecule has 0 amide bonds. The Kier molecular flexibility index (Phi) is 2.66. The lowest BCUT2D eigenvalue weighted by Crippen LogP contribution is -2.13. The van der Waals surface area contributed by atoms with Gasteiger partial charge in [-0.15, -0.1) is 11.3 Å². The fraction of sp³-hybridized carbons (Fsp3) is 0.556. The first-order chi connectivity index (χ1) is 6.85. The summed E-state index contributed by atoms with van der Waals surface area (Å²) in [6.07, 6.45) is 2.27. The van der Waals surface area contributed by atoms with Gasteiger partial charge in [0, 0.05) is 13.1 Å². The standard InChI is InChI=1S/C9H12N4S/c1-10-8-7(6-4-3-5-12-6)13-9(11-2)14-8/h6,12H,3-5H2,2H3,(H,11,13)/t6-/m1/s1. The molecule has 1 aliphatic heterocycles. The van der Waals surface area contributed by atoms with Crippen molar-refractivity contribution in [1.29, 1.82) is 0 Å². The summed E-state index contributed by atoms with van der Waals surface area (Å²) in [5.74, 6) is 0. The van der Waals surface area contributed by atoms with Gasteiger partial charge in [-0.2, -0.15) is 0 Å². The summed E-state index contributed by atoms with van der Waals surface area (Å²) >= 11 is 1.43. The van der Waals surface area contributed by atoms with Crippen molar-refractivity contribution in [3.8, 4) is 0 Å². The molecular formula is C9H12N4S. The topological polar surface area (TPSA) is 41.3 Å². The molecule has 2 N–H and O–H groups in total. The molecule has 1 aliphatic rings. The van der Waals surface area contributed by atoms with E-state index in [1.165, 1.54) is 17.8 Å². The molecule has 14 heavy (non-hydrogen) atoms. The first-order valence-electron chi connectivity index (χ1n) is 4.64. The van der Waals surface area contributed by atoms with Gasteiger partial charge in [0.2, 0.25) is 0 Å². The highest BCUT2D eigenvalue weighted by atomic mass is 32.1. The first-order valence-corrected chi connectivity index (χ1v) is 5.46. The molecule has 0 radical (unpaired) electrons. The maximum atomic E-state index is 7.08. The maximum Gasteiger partial charge on any atom is 0.267 e. The highest BCUT2D eigenvalue weighted by molar-refractivity contribution is 7.19. The van der Waals surface area contributed by atoms with Crippen LogP contribution in [-0.2, 0) is 0 Å². The van der Waals surface area contributed by atoms with Crippen molar-refractivity contribution in [1.82, 2.24) is 10.3 Å². The van der Waals surface area contributed by atoms with Crippen LogP contribution >= 0.6 is 11.3 Å². The van der Waals surface area contributed by atoms with E-state index in [0.717, 1.165) is 23.8 Å². The van der Waals surface area contributed by atoms with E-state index in [1.54, 1.807) is 0 Å². The van der Waals surface area contributed by atoms with Crippen molar-refractivity contribution >= 4 is 21.5 Å². The Morgan fingerprint density at radius 2 is 2.57 bits per heavy atom. The van der Waals surface area contributed by atoms with Crippen LogP contribution in [0.4, 0.5) is 10.1 Å². The summed E-state index contributed by atoms with van der Waals surface area (Å²) in [6.45, 7) is 8.11. The molecule has 1 fully saturated rings. The molecule has 1 atom stereocenters. The van der Waals surface area contributed by atoms with E-state index in [9.17, 15) is 0 Å². The van der Waals surface area contributed by atoms with Crippen LogP contribution in [0.3, 0.4) is 0 Å². The van der Waals surface area contributed by atoms with E-state index in [4.69, 9.17) is 6.57 Å². The normalized spacial score (nSPS) is 20.7. The molecule has 0 unspecified atom stereocenters. The summed E-state index contributed by atoms with van der Waals surface area (Å²) in [4.78, 5) is 7.92. The Morgan fingerprint density at radius 3 is 3.14 bits per heavy atom. The Balaban J connectivity index is 2.31. The molecule has 0 aromatic carbocycles. The van der Waals surface area contributed by atoms with Crippen molar-refractivity contribution in [2.24, 2.45) is 0 Å². The summed E-state index contributed by atoms with van der Waals surface area (Å²) < 4.78 is 0. The molecular weight excluding hydrogens is 196 g/mol. The van der Waals surface area contributed by atoms with Crippen LogP contribution in [0, 0.1) is 6.57 Å². The fourth-order valence-corrected chi connectivity index (χ4v) is 2.42. The van der Waals surface area contributed by atoms with E-state index in [2.05, 4.69) is 20.5 Å². The zero-order valence-electron chi connectivity index (χ0n) is 8.00. The predicted octanol–water partition coefficient (Wildman–Crippen LogP) is 2.16. The van der Waals surface area contributed by atoms with Gasteiger partial charge in [0.15, 0.2) is 5.13 Å². The van der Waals surface area contributed by atoms with Crippen molar-refractivity contribution < 1.29 is 0 Å². The fourth-order valence-electron chi connectivity index (χ4n) is 1.66. The van der Waals surface area contributed by atoms with Crippen molar-refractivity contribution in [2.45, 2.75) is 18.9 Å². The Hall–Kier alpha value is -1.12. The number of anilines is 1. The predicted molar refractivity (Wildman–Crippen MR) is 57.9 cm³/mol. The second kappa shape index (κ2) is 3.95. The third-order valence-corrected chi connectivity index (χ3v) is 3.32. The monoisotopic (exact) mass is 208 g/mol. The van der Waals surface area contributed by atoms with E-state index in [1.807, 2.05) is 7.05 Å². The quantitative estimate of drug-likeness (QED) is 0.732. The molecule has 74 valence electrons. The lowest BCUT2D eigenvalue weighted by atomic mass is 10.2. The van der Waals surface area contributed by atoms with Crippen LogP contribution < -0.4 is 10.6 Å². The van der Waals surface area contributed by atoms with E-state index < -0.39 is 0 Å². The summed E-state index contributed by atoms with van der Waals surface area (Å²) in [7, 11) is 1.83. The van der Waals surface area contributed by atoms with Crippen LogP contribution in [0.1, 0.15) is 24.6 Å². The van der Waals surface area contributed by atoms with Gasteiger partial charge in [0.05, 0.1) is 12.3 Å². The molecule has 2 heterocycles. The van der Waals surface area contributed by atoms with Gasteiger partial charge in [-0.1, -0.05) is 0 Å². The Morgan fingerprint density at radius 1 is 1.71 bits per heavy atom. The van der Waals surface area contributed by atoms with E-state index in [0.29, 0.717) is 5.00 Å². The molecule has 0 aliphatic carbocycles. The van der Waals surface area contributed by atoms with Gasteiger partial charge in [0.25, 0.3) is 5.00 Å². The van der Waals surface area contributed by atoms with Crippen LogP contribution in [0.2, 0.25) is 0 Å². The molecule has 0 spiro atoms. The smallest absolute Gasteiger partial charge is 0.267 e. The highest BCUT2D eigenvalue weighted by Gasteiger charge is 2.23. The van der Waals surface area contributed by atoms with Crippen LogP contribution in [0.25, 0.3) is 4.85 Å². The number of rotatable bonds is 2. The average Bonchev–Trinajstić information content (AvgIpc) is 2.85. The maximum absolute atomic E-state index is 7.08. The van der Waals surface area contributed by atoms with Crippen LogP contribution in [0.15, 0.2) is 0 Å². The number of thiazole rings is 1. The number of nitrogens with one attached hydrogen (secondary N) is 2. The SMILES string of the molecule is [C-]#[N+]c1sc(NC)nc1[C@H]1CCCN1. The first kappa shape index (κ1) is 9.44. The summed E-state index contributed by atoms with van der Waals surface area (Å²) in [5, 5.41) is 7.89. The number of hydrogen-bond donors (Lipinski definition) is 2. The molecule has 0 bridgehead atoms. The van der Waals surface area contributed by atoms with E-state index in [-0.39, 0.29) is 6.04 Å². The average molecular weight is 208 g/mol. The molecule has 2 rings (SSSR count). The van der Waals surface area contributed by atoms with Gasteiger partial charge in [-0.25, -0.2) is 9.83 Å². The minimum Gasteiger partial charge on any atom is -0.366 e. The van der Waals surface area contributed by atoms with Gasteiger partial charge in [-0.3, -0.25) is 0 Å². The minimum atomic E-state index is 0.289. The number of hydrogen-bond acceptors (Lipinski definition) is 4. The minimum absolute atomic E-state index is 0.289. The molecule has 1 aromatic rings. The summed E-state index contributed by atoms with van der Waals surface area (Å²) in [6, 6.07) is 0.289. The van der Waals surface area contributed by atoms with Gasteiger partial charge in [0.1, 0.15) is 0 Å². The van der Waals surface area contributed by atoms with Gasteiger partial charge >= 0.3 is 0 Å². The summed E-state index contributed by atoms with van der Waals surface area (Å²) in [5.41, 5.74) is 0.923. The largest absolute Gasteiger partial charge is 0.366 e. The second-order valence-electron chi connectivity index (χ2n) is 3.22. The molecule has 5 heteroatoms. The van der Waals surface area contributed by atoms with Crippen molar-refractivity contribution in [3.63, 3.8) is 0 Å². The Bertz CT molecular complexity index is 359. The zero-order valence-corrected chi connectivity index (χ0v) is 8.82. The molecule has 0 saturated carbocycles. The molecule has 4 nitrogen and oxygen atoms in total. The lowest BCUT2D eigenvalue weighted by molar-refractivity contribution is 0.635. The zero-order chi connectivity index (χ0) is 9.97. The van der Waals surface area contributed by atoms with Crippen LogP contribution in [-0.4, -0.2) is 18.6 Å². The molecule has 1 aromatic heterocycles. The Labute approximate surface area is 87.2 Å². The van der Waals surface area contributed by atoms with Crippen LogP contribution in [0.5, 0.6) is 0 Å². The van der Waals surface area contributed by atoms with Crippen molar-refractivity contribution in [3.05, 3.63) is 17.1 Å². The highest BCUT2D eigenvalue weighted by Crippen LogP contribution is 2.37. The lowest BCUT2D eigenvalue weighted by Gasteiger charge is -2.06. The number of aromatic nitrogens is 1. The number of nitrogens with zero attached hydrogens (tertiary/aromatic N) is 2. The second-order valence-corrected chi connectivity index (χ2v) is 4.20. The third-order valence-electron chi connectivity index (χ3n) is 2.34. The van der Waals surface area contributed by atoms with E-state index >= 15 is 0 Å².